The van der Waals surface area contributed by atoms with Gasteiger partial charge in [0.15, 0.2) is 0 Å². The third-order valence-electron chi connectivity index (χ3n) is 3.01. The lowest BCUT2D eigenvalue weighted by molar-refractivity contribution is 0.384. The average Bonchev–Trinajstić information content (AvgIpc) is 2.41. The predicted octanol–water partition coefficient (Wildman–Crippen LogP) is 3.41. The molecule has 0 saturated carbocycles. The van der Waals surface area contributed by atoms with Crippen LogP contribution in [0.25, 0.3) is 0 Å². The Hall–Kier alpha value is -0.440. The summed E-state index contributed by atoms with van der Waals surface area (Å²) in [6, 6.07) is 7.97. The monoisotopic (exact) mass is 275 g/mol. The van der Waals surface area contributed by atoms with Gasteiger partial charge < -0.3 is 10.1 Å². The van der Waals surface area contributed by atoms with E-state index >= 15 is 0 Å². The fourth-order valence-electron chi connectivity index (χ4n) is 1.48. The normalized spacial score (nSPS) is 11.5. The Morgan fingerprint density at radius 3 is 2.18 bits per heavy atom. The standard InChI is InChI=1S/C13H19Cl2NO/c1-3-13(9-14,10-15)16-8-11-4-6-12(17-2)7-5-11/h4-7,16H,3,8-10H2,1-2H3. The lowest BCUT2D eigenvalue weighted by atomic mass is 10.0. The van der Waals surface area contributed by atoms with E-state index in [1.807, 2.05) is 24.3 Å². The van der Waals surface area contributed by atoms with Crippen molar-refractivity contribution in [2.24, 2.45) is 0 Å². The van der Waals surface area contributed by atoms with E-state index in [1.165, 1.54) is 5.56 Å². The molecule has 0 radical (unpaired) electrons. The maximum Gasteiger partial charge on any atom is 0.118 e. The molecule has 0 unspecified atom stereocenters. The van der Waals surface area contributed by atoms with Gasteiger partial charge in [-0.3, -0.25) is 0 Å². The molecule has 0 saturated heterocycles. The first-order valence-corrected chi connectivity index (χ1v) is 6.76. The molecule has 0 aliphatic carbocycles. The largest absolute Gasteiger partial charge is 0.497 e. The average molecular weight is 276 g/mol. The Morgan fingerprint density at radius 2 is 1.76 bits per heavy atom. The van der Waals surface area contributed by atoms with Gasteiger partial charge in [0.25, 0.3) is 0 Å². The number of nitrogens with one attached hydrogen (secondary N) is 1. The summed E-state index contributed by atoms with van der Waals surface area (Å²) < 4.78 is 5.12. The van der Waals surface area contributed by atoms with Crippen LogP contribution in [0.4, 0.5) is 0 Å². The van der Waals surface area contributed by atoms with E-state index < -0.39 is 0 Å². The highest BCUT2D eigenvalue weighted by molar-refractivity contribution is 6.22. The van der Waals surface area contributed by atoms with E-state index in [2.05, 4.69) is 12.2 Å². The van der Waals surface area contributed by atoms with Crippen LogP contribution in [0.2, 0.25) is 0 Å². The molecule has 96 valence electrons. The Bertz CT molecular complexity index is 314. The van der Waals surface area contributed by atoms with Gasteiger partial charge in [0.1, 0.15) is 5.75 Å². The lowest BCUT2D eigenvalue weighted by Crippen LogP contribution is -2.47. The van der Waals surface area contributed by atoms with Crippen molar-refractivity contribution in [1.29, 1.82) is 0 Å². The molecule has 0 aliphatic heterocycles. The number of hydrogen-bond acceptors (Lipinski definition) is 2. The van der Waals surface area contributed by atoms with Gasteiger partial charge in [0.05, 0.1) is 7.11 Å². The third-order valence-corrected chi connectivity index (χ3v) is 4.04. The van der Waals surface area contributed by atoms with Crippen molar-refractivity contribution in [3.63, 3.8) is 0 Å². The molecule has 0 bridgehead atoms. The molecular weight excluding hydrogens is 257 g/mol. The second kappa shape index (κ2) is 7.10. The van der Waals surface area contributed by atoms with Crippen LogP contribution in [-0.4, -0.2) is 24.4 Å². The van der Waals surface area contributed by atoms with Gasteiger partial charge in [-0.25, -0.2) is 0 Å². The summed E-state index contributed by atoms with van der Waals surface area (Å²) in [5, 5.41) is 3.43. The zero-order valence-corrected chi connectivity index (χ0v) is 11.8. The molecular formula is C13H19Cl2NO. The Kier molecular flexibility index (Phi) is 6.10. The Labute approximate surface area is 113 Å². The van der Waals surface area contributed by atoms with Crippen molar-refractivity contribution < 1.29 is 4.74 Å². The van der Waals surface area contributed by atoms with Crippen LogP contribution in [-0.2, 0) is 6.54 Å². The summed E-state index contributed by atoms with van der Waals surface area (Å²) in [7, 11) is 1.66. The van der Waals surface area contributed by atoms with Gasteiger partial charge in [0, 0.05) is 23.8 Å². The van der Waals surface area contributed by atoms with Gasteiger partial charge in [-0.15, -0.1) is 23.2 Å². The van der Waals surface area contributed by atoms with E-state index in [4.69, 9.17) is 27.9 Å². The topological polar surface area (TPSA) is 21.3 Å². The van der Waals surface area contributed by atoms with Crippen molar-refractivity contribution in [2.75, 3.05) is 18.9 Å². The molecule has 0 fully saturated rings. The minimum atomic E-state index is -0.178. The lowest BCUT2D eigenvalue weighted by Gasteiger charge is -2.29. The minimum absolute atomic E-state index is 0.178. The molecule has 17 heavy (non-hydrogen) atoms. The summed E-state index contributed by atoms with van der Waals surface area (Å²) in [5.74, 6) is 1.90. The summed E-state index contributed by atoms with van der Waals surface area (Å²) >= 11 is 11.9. The van der Waals surface area contributed by atoms with E-state index in [0.717, 1.165) is 18.7 Å². The molecule has 0 atom stereocenters. The van der Waals surface area contributed by atoms with Crippen LogP contribution in [0.1, 0.15) is 18.9 Å². The number of halogens is 2. The molecule has 1 aromatic carbocycles. The van der Waals surface area contributed by atoms with Crippen LogP contribution in [0.15, 0.2) is 24.3 Å². The van der Waals surface area contributed by atoms with Gasteiger partial charge in [-0.1, -0.05) is 19.1 Å². The number of rotatable bonds is 7. The number of hydrogen-bond donors (Lipinski definition) is 1. The summed E-state index contributed by atoms with van der Waals surface area (Å²) in [6.07, 6.45) is 0.913. The molecule has 0 aliphatic rings. The van der Waals surface area contributed by atoms with Crippen LogP contribution < -0.4 is 10.1 Å². The number of benzene rings is 1. The molecule has 0 amide bonds. The quantitative estimate of drug-likeness (QED) is 0.770. The predicted molar refractivity (Wildman–Crippen MR) is 74.3 cm³/mol. The Balaban J connectivity index is 2.59. The second-order valence-corrected chi connectivity index (χ2v) is 4.64. The van der Waals surface area contributed by atoms with Crippen LogP contribution >= 0.6 is 23.2 Å². The van der Waals surface area contributed by atoms with Crippen LogP contribution in [0.5, 0.6) is 5.75 Å². The smallest absolute Gasteiger partial charge is 0.118 e. The maximum absolute atomic E-state index is 5.97. The molecule has 1 N–H and O–H groups in total. The van der Waals surface area contributed by atoms with Gasteiger partial charge >= 0.3 is 0 Å². The SMILES string of the molecule is CCC(CCl)(CCl)NCc1ccc(OC)cc1. The molecule has 0 spiro atoms. The zero-order chi connectivity index (χ0) is 12.7. The molecule has 0 heterocycles. The minimum Gasteiger partial charge on any atom is -0.497 e. The van der Waals surface area contributed by atoms with E-state index in [0.29, 0.717) is 11.8 Å². The third kappa shape index (κ3) is 4.06. The fourth-order valence-corrected chi connectivity index (χ4v) is 2.33. The molecule has 1 rings (SSSR count). The van der Waals surface area contributed by atoms with Crippen molar-refractivity contribution in [3.05, 3.63) is 29.8 Å². The second-order valence-electron chi connectivity index (χ2n) is 4.10. The number of methoxy groups -OCH3 is 1. The van der Waals surface area contributed by atoms with E-state index in [-0.39, 0.29) is 5.54 Å². The zero-order valence-electron chi connectivity index (χ0n) is 10.3. The number of ether oxygens (including phenoxy) is 1. The summed E-state index contributed by atoms with van der Waals surface area (Å²) in [5.41, 5.74) is 1.02. The highest BCUT2D eigenvalue weighted by Crippen LogP contribution is 2.17. The maximum atomic E-state index is 5.97. The molecule has 2 nitrogen and oxygen atoms in total. The van der Waals surface area contributed by atoms with E-state index in [9.17, 15) is 0 Å². The fraction of sp³-hybridized carbons (Fsp3) is 0.538. The van der Waals surface area contributed by atoms with Crippen molar-refractivity contribution in [3.8, 4) is 5.75 Å². The first-order valence-electron chi connectivity index (χ1n) is 5.69. The van der Waals surface area contributed by atoms with Crippen molar-refractivity contribution in [1.82, 2.24) is 5.32 Å². The summed E-state index contributed by atoms with van der Waals surface area (Å²) in [4.78, 5) is 0. The summed E-state index contributed by atoms with van der Waals surface area (Å²) in [6.45, 7) is 2.85. The van der Waals surface area contributed by atoms with Gasteiger partial charge in [-0.2, -0.15) is 0 Å². The Morgan fingerprint density at radius 1 is 1.18 bits per heavy atom. The first kappa shape index (κ1) is 14.6. The highest BCUT2D eigenvalue weighted by Gasteiger charge is 2.25. The van der Waals surface area contributed by atoms with E-state index in [1.54, 1.807) is 7.11 Å². The molecule has 4 heteroatoms. The van der Waals surface area contributed by atoms with Gasteiger partial charge in [0.2, 0.25) is 0 Å². The molecule has 0 aromatic heterocycles. The first-order chi connectivity index (χ1) is 8.19. The van der Waals surface area contributed by atoms with Crippen molar-refractivity contribution in [2.45, 2.75) is 25.4 Å². The number of alkyl halides is 2. The van der Waals surface area contributed by atoms with Crippen LogP contribution in [0.3, 0.4) is 0 Å². The van der Waals surface area contributed by atoms with Crippen molar-refractivity contribution >= 4 is 23.2 Å². The molecule has 1 aromatic rings. The van der Waals surface area contributed by atoms with Gasteiger partial charge in [-0.05, 0) is 24.1 Å². The highest BCUT2D eigenvalue weighted by atomic mass is 35.5. The van der Waals surface area contributed by atoms with Crippen LogP contribution in [0, 0.1) is 0 Å².